The van der Waals surface area contributed by atoms with Crippen LogP contribution in [0.15, 0.2) is 18.2 Å². The van der Waals surface area contributed by atoms with Crippen LogP contribution in [-0.4, -0.2) is 11.1 Å². The molecular weight excluding hydrogens is 212 g/mol. The standard InChI is InChI=1S/C15H18O2/c16-14(17)15(9-1-2-10-15)13-8-4-6-11-5-3-7-12(11)13/h4,6,8H,1-3,5,7,9-10H2,(H,16,17). The predicted molar refractivity (Wildman–Crippen MR) is 66.2 cm³/mol. The Kier molecular flexibility index (Phi) is 2.46. The molecule has 2 heteroatoms. The molecule has 0 saturated heterocycles. The van der Waals surface area contributed by atoms with E-state index < -0.39 is 11.4 Å². The second-order valence-corrected chi connectivity index (χ2v) is 5.39. The second-order valence-electron chi connectivity index (χ2n) is 5.39. The molecule has 0 radical (unpaired) electrons. The molecule has 1 fully saturated rings. The molecule has 0 amide bonds. The third-order valence-corrected chi connectivity index (χ3v) is 4.53. The van der Waals surface area contributed by atoms with E-state index in [1.54, 1.807) is 0 Å². The van der Waals surface area contributed by atoms with Crippen LogP contribution in [-0.2, 0) is 23.1 Å². The van der Waals surface area contributed by atoms with Crippen LogP contribution in [0.4, 0.5) is 0 Å². The van der Waals surface area contributed by atoms with Gasteiger partial charge < -0.3 is 5.11 Å². The van der Waals surface area contributed by atoms with Gasteiger partial charge in [-0.3, -0.25) is 4.79 Å². The number of aryl methyl sites for hydroxylation is 1. The lowest BCUT2D eigenvalue weighted by Crippen LogP contribution is -2.33. The molecule has 0 aliphatic heterocycles. The van der Waals surface area contributed by atoms with Crippen molar-refractivity contribution in [3.63, 3.8) is 0 Å². The van der Waals surface area contributed by atoms with Gasteiger partial charge in [0.1, 0.15) is 0 Å². The smallest absolute Gasteiger partial charge is 0.314 e. The molecule has 1 aromatic carbocycles. The van der Waals surface area contributed by atoms with Gasteiger partial charge in [-0.15, -0.1) is 0 Å². The number of rotatable bonds is 2. The van der Waals surface area contributed by atoms with Gasteiger partial charge in [-0.1, -0.05) is 31.0 Å². The van der Waals surface area contributed by atoms with E-state index in [0.29, 0.717) is 0 Å². The number of hydrogen-bond acceptors (Lipinski definition) is 1. The minimum absolute atomic E-state index is 0.574. The third kappa shape index (κ3) is 1.50. The molecule has 2 aliphatic rings. The Morgan fingerprint density at radius 2 is 1.88 bits per heavy atom. The second kappa shape index (κ2) is 3.86. The molecule has 17 heavy (non-hydrogen) atoms. The average molecular weight is 230 g/mol. The Hall–Kier alpha value is -1.31. The van der Waals surface area contributed by atoms with E-state index in [1.165, 1.54) is 17.5 Å². The van der Waals surface area contributed by atoms with E-state index in [9.17, 15) is 9.90 Å². The van der Waals surface area contributed by atoms with E-state index in [1.807, 2.05) is 6.07 Å². The molecule has 2 nitrogen and oxygen atoms in total. The van der Waals surface area contributed by atoms with Gasteiger partial charge in [-0.05, 0) is 48.8 Å². The van der Waals surface area contributed by atoms with Crippen LogP contribution >= 0.6 is 0 Å². The molecule has 0 spiro atoms. The summed E-state index contributed by atoms with van der Waals surface area (Å²) in [6, 6.07) is 6.27. The molecule has 0 heterocycles. The largest absolute Gasteiger partial charge is 0.481 e. The summed E-state index contributed by atoms with van der Waals surface area (Å²) in [5, 5.41) is 9.65. The van der Waals surface area contributed by atoms with Gasteiger partial charge in [-0.25, -0.2) is 0 Å². The predicted octanol–water partition coefficient (Wildman–Crippen LogP) is 3.07. The number of carboxylic acids is 1. The van der Waals surface area contributed by atoms with Gasteiger partial charge in [0.05, 0.1) is 5.41 Å². The van der Waals surface area contributed by atoms with Crippen LogP contribution in [0.2, 0.25) is 0 Å². The first-order valence-corrected chi connectivity index (χ1v) is 6.59. The van der Waals surface area contributed by atoms with E-state index in [2.05, 4.69) is 12.1 Å². The molecule has 0 bridgehead atoms. The van der Waals surface area contributed by atoms with E-state index >= 15 is 0 Å². The van der Waals surface area contributed by atoms with Gasteiger partial charge in [-0.2, -0.15) is 0 Å². The van der Waals surface area contributed by atoms with Crippen LogP contribution in [0, 0.1) is 0 Å². The number of hydrogen-bond donors (Lipinski definition) is 1. The van der Waals surface area contributed by atoms with Gasteiger partial charge in [0.15, 0.2) is 0 Å². The van der Waals surface area contributed by atoms with Crippen molar-refractivity contribution in [1.82, 2.24) is 0 Å². The number of carboxylic acid groups (broad SMARTS) is 1. The SMILES string of the molecule is O=C(O)C1(c2cccc3c2CCC3)CCCC1. The summed E-state index contributed by atoms with van der Waals surface area (Å²) in [5.74, 6) is -0.615. The fourth-order valence-electron chi connectivity index (χ4n) is 3.65. The lowest BCUT2D eigenvalue weighted by atomic mass is 9.76. The number of carbonyl (C=O) groups is 1. The summed E-state index contributed by atoms with van der Waals surface area (Å²) in [4.78, 5) is 11.7. The lowest BCUT2D eigenvalue weighted by Gasteiger charge is -2.27. The molecule has 1 aromatic rings. The molecule has 0 unspecified atom stereocenters. The van der Waals surface area contributed by atoms with Crippen LogP contribution in [0.3, 0.4) is 0 Å². The van der Waals surface area contributed by atoms with Crippen molar-refractivity contribution in [2.45, 2.75) is 50.4 Å². The highest BCUT2D eigenvalue weighted by Crippen LogP contribution is 2.44. The highest BCUT2D eigenvalue weighted by atomic mass is 16.4. The van der Waals surface area contributed by atoms with Crippen LogP contribution in [0.25, 0.3) is 0 Å². The van der Waals surface area contributed by atoms with E-state index in [0.717, 1.165) is 44.1 Å². The Balaban J connectivity index is 2.14. The molecule has 90 valence electrons. The zero-order valence-electron chi connectivity index (χ0n) is 10.0. The first-order valence-electron chi connectivity index (χ1n) is 6.59. The minimum atomic E-state index is -0.615. The van der Waals surface area contributed by atoms with Crippen molar-refractivity contribution in [1.29, 1.82) is 0 Å². The zero-order valence-corrected chi connectivity index (χ0v) is 10.0. The summed E-state index contributed by atoms with van der Waals surface area (Å²) >= 11 is 0. The molecule has 2 aliphatic carbocycles. The molecular formula is C15H18O2. The van der Waals surface area contributed by atoms with Crippen LogP contribution in [0.1, 0.15) is 48.8 Å². The van der Waals surface area contributed by atoms with Crippen LogP contribution in [0.5, 0.6) is 0 Å². The maximum absolute atomic E-state index is 11.7. The molecule has 0 aromatic heterocycles. The summed E-state index contributed by atoms with van der Waals surface area (Å²) < 4.78 is 0. The molecule has 1 saturated carbocycles. The topological polar surface area (TPSA) is 37.3 Å². The van der Waals surface area contributed by atoms with Crippen molar-refractivity contribution < 1.29 is 9.90 Å². The number of fused-ring (bicyclic) bond motifs is 1. The van der Waals surface area contributed by atoms with Crippen molar-refractivity contribution in [3.05, 3.63) is 34.9 Å². The Morgan fingerprint density at radius 1 is 1.12 bits per heavy atom. The summed E-state index contributed by atoms with van der Waals surface area (Å²) in [5.41, 5.74) is 3.28. The number of aliphatic carboxylic acids is 1. The first kappa shape index (κ1) is 10.8. The highest BCUT2D eigenvalue weighted by Gasteiger charge is 2.44. The fraction of sp³-hybridized carbons (Fsp3) is 0.533. The highest BCUT2D eigenvalue weighted by molar-refractivity contribution is 5.82. The minimum Gasteiger partial charge on any atom is -0.481 e. The lowest BCUT2D eigenvalue weighted by molar-refractivity contribution is -0.143. The van der Waals surface area contributed by atoms with E-state index in [-0.39, 0.29) is 0 Å². The van der Waals surface area contributed by atoms with Crippen molar-refractivity contribution in [3.8, 4) is 0 Å². The fourth-order valence-corrected chi connectivity index (χ4v) is 3.65. The summed E-state index contributed by atoms with van der Waals surface area (Å²) in [7, 11) is 0. The van der Waals surface area contributed by atoms with Gasteiger partial charge in [0.25, 0.3) is 0 Å². The van der Waals surface area contributed by atoms with Crippen molar-refractivity contribution >= 4 is 5.97 Å². The molecule has 0 atom stereocenters. The third-order valence-electron chi connectivity index (χ3n) is 4.53. The Bertz CT molecular complexity index is 456. The van der Waals surface area contributed by atoms with Crippen LogP contribution < -0.4 is 0 Å². The quantitative estimate of drug-likeness (QED) is 0.847. The van der Waals surface area contributed by atoms with Gasteiger partial charge in [0, 0.05) is 0 Å². The summed E-state index contributed by atoms with van der Waals surface area (Å²) in [6.07, 6.45) is 7.12. The molecule has 3 rings (SSSR count). The number of benzene rings is 1. The Morgan fingerprint density at radius 3 is 2.59 bits per heavy atom. The first-order chi connectivity index (χ1) is 8.24. The monoisotopic (exact) mass is 230 g/mol. The van der Waals surface area contributed by atoms with Crippen molar-refractivity contribution in [2.24, 2.45) is 0 Å². The summed E-state index contributed by atoms with van der Waals surface area (Å²) in [6.45, 7) is 0. The Labute approximate surface area is 102 Å². The van der Waals surface area contributed by atoms with Gasteiger partial charge >= 0.3 is 5.97 Å². The average Bonchev–Trinajstić information content (AvgIpc) is 2.98. The maximum Gasteiger partial charge on any atom is 0.314 e. The normalized spacial score (nSPS) is 21.4. The van der Waals surface area contributed by atoms with E-state index in [4.69, 9.17) is 0 Å². The van der Waals surface area contributed by atoms with Gasteiger partial charge in [0.2, 0.25) is 0 Å². The molecule has 1 N–H and O–H groups in total. The zero-order chi connectivity index (χ0) is 11.9. The maximum atomic E-state index is 11.7. The van der Waals surface area contributed by atoms with Crippen molar-refractivity contribution in [2.75, 3.05) is 0 Å².